The van der Waals surface area contributed by atoms with Crippen molar-refractivity contribution in [3.8, 4) is 0 Å². The molecule has 0 radical (unpaired) electrons. The summed E-state index contributed by atoms with van der Waals surface area (Å²) in [6, 6.07) is 12.6. The van der Waals surface area contributed by atoms with E-state index in [2.05, 4.69) is 40.4 Å². The minimum absolute atomic E-state index is 0.0520. The predicted octanol–water partition coefficient (Wildman–Crippen LogP) is 3.55. The number of anilines is 2. The SMILES string of the molecule is C=CCN(CC(Cc1ccccc1)N(C)C)c1c(N[C@H](C)Cc2ccsc2)c(=O)c1=O. The molecule has 1 aromatic heterocycles. The Morgan fingerprint density at radius 2 is 1.81 bits per heavy atom. The third-order valence-corrected chi connectivity index (χ3v) is 6.27. The average molecular weight is 438 g/mol. The van der Waals surface area contributed by atoms with Crippen LogP contribution >= 0.6 is 11.3 Å². The first-order valence-electron chi connectivity index (χ1n) is 10.6. The Kier molecular flexibility index (Phi) is 7.82. The quantitative estimate of drug-likeness (QED) is 0.347. The van der Waals surface area contributed by atoms with Crippen LogP contribution in [0.2, 0.25) is 0 Å². The number of nitrogens with zero attached hydrogens (tertiary/aromatic N) is 2. The number of benzene rings is 1. The topological polar surface area (TPSA) is 52.6 Å². The molecule has 0 spiro atoms. The van der Waals surface area contributed by atoms with Gasteiger partial charge in [0.1, 0.15) is 11.4 Å². The minimum Gasteiger partial charge on any atom is -0.377 e. The molecule has 0 saturated carbocycles. The highest BCUT2D eigenvalue weighted by molar-refractivity contribution is 7.07. The molecule has 3 rings (SSSR count). The summed E-state index contributed by atoms with van der Waals surface area (Å²) in [5.74, 6) is 0. The molecule has 164 valence electrons. The van der Waals surface area contributed by atoms with E-state index < -0.39 is 10.9 Å². The number of rotatable bonds is 12. The van der Waals surface area contributed by atoms with E-state index in [1.54, 1.807) is 17.4 Å². The smallest absolute Gasteiger partial charge is 0.253 e. The lowest BCUT2D eigenvalue weighted by Gasteiger charge is -2.34. The lowest BCUT2D eigenvalue weighted by molar-refractivity contribution is 0.293. The van der Waals surface area contributed by atoms with Crippen LogP contribution in [-0.4, -0.2) is 44.2 Å². The van der Waals surface area contributed by atoms with Gasteiger partial charge in [0, 0.05) is 25.2 Å². The molecule has 1 unspecified atom stereocenters. The summed E-state index contributed by atoms with van der Waals surface area (Å²) in [5, 5.41) is 7.45. The summed E-state index contributed by atoms with van der Waals surface area (Å²) < 4.78 is 0. The van der Waals surface area contributed by atoms with Crippen LogP contribution in [0.1, 0.15) is 18.1 Å². The van der Waals surface area contributed by atoms with E-state index in [4.69, 9.17) is 0 Å². The van der Waals surface area contributed by atoms with Gasteiger partial charge in [-0.05, 0) is 61.8 Å². The summed E-state index contributed by atoms with van der Waals surface area (Å²) in [5.41, 5.74) is 2.56. The van der Waals surface area contributed by atoms with Crippen molar-refractivity contribution in [2.24, 2.45) is 0 Å². The van der Waals surface area contributed by atoms with Crippen molar-refractivity contribution in [1.82, 2.24) is 4.90 Å². The van der Waals surface area contributed by atoms with Crippen LogP contribution in [0.15, 0.2) is 69.4 Å². The van der Waals surface area contributed by atoms with Gasteiger partial charge in [-0.1, -0.05) is 36.4 Å². The summed E-state index contributed by atoms with van der Waals surface area (Å²) >= 11 is 1.66. The van der Waals surface area contributed by atoms with Crippen molar-refractivity contribution in [3.05, 3.63) is 91.4 Å². The van der Waals surface area contributed by atoms with Gasteiger partial charge in [-0.2, -0.15) is 11.3 Å². The fourth-order valence-electron chi connectivity index (χ4n) is 3.84. The Bertz CT molecular complexity index is 1040. The van der Waals surface area contributed by atoms with E-state index in [9.17, 15) is 9.59 Å². The Labute approximate surface area is 188 Å². The van der Waals surface area contributed by atoms with Gasteiger partial charge in [0.25, 0.3) is 10.9 Å². The van der Waals surface area contributed by atoms with Crippen molar-refractivity contribution in [2.45, 2.75) is 31.8 Å². The van der Waals surface area contributed by atoms with Crippen LogP contribution in [0, 0.1) is 0 Å². The second kappa shape index (κ2) is 10.6. The first-order chi connectivity index (χ1) is 14.9. The Morgan fingerprint density at radius 3 is 2.42 bits per heavy atom. The van der Waals surface area contributed by atoms with Crippen LogP contribution < -0.4 is 21.1 Å². The first kappa shape index (κ1) is 23.0. The molecule has 5 nitrogen and oxygen atoms in total. The van der Waals surface area contributed by atoms with Crippen molar-refractivity contribution in [1.29, 1.82) is 0 Å². The van der Waals surface area contributed by atoms with E-state index >= 15 is 0 Å². The highest BCUT2D eigenvalue weighted by Gasteiger charge is 2.28. The van der Waals surface area contributed by atoms with E-state index in [1.165, 1.54) is 11.1 Å². The molecular weight excluding hydrogens is 406 g/mol. The van der Waals surface area contributed by atoms with E-state index in [0.717, 1.165) is 12.8 Å². The van der Waals surface area contributed by atoms with Crippen molar-refractivity contribution < 1.29 is 0 Å². The van der Waals surface area contributed by atoms with Gasteiger partial charge in [-0.3, -0.25) is 9.59 Å². The summed E-state index contributed by atoms with van der Waals surface area (Å²) in [6.07, 6.45) is 3.44. The molecule has 2 aromatic carbocycles. The Morgan fingerprint density at radius 1 is 1.06 bits per heavy atom. The molecule has 3 aromatic rings. The maximum atomic E-state index is 12.6. The summed E-state index contributed by atoms with van der Waals surface area (Å²) in [7, 11) is 4.09. The lowest BCUT2D eigenvalue weighted by Crippen LogP contribution is -2.48. The highest BCUT2D eigenvalue weighted by Crippen LogP contribution is 2.23. The molecule has 0 saturated heterocycles. The van der Waals surface area contributed by atoms with Crippen molar-refractivity contribution in [3.63, 3.8) is 0 Å². The normalized spacial score (nSPS) is 13.3. The van der Waals surface area contributed by atoms with E-state index in [-0.39, 0.29) is 12.1 Å². The molecule has 0 fully saturated rings. The van der Waals surface area contributed by atoms with Crippen LogP contribution in [0.3, 0.4) is 0 Å². The summed E-state index contributed by atoms with van der Waals surface area (Å²) in [4.78, 5) is 29.1. The van der Waals surface area contributed by atoms with Gasteiger partial charge in [0.05, 0.1) is 0 Å². The zero-order valence-electron chi connectivity index (χ0n) is 18.5. The van der Waals surface area contributed by atoms with E-state index in [1.807, 2.05) is 49.5 Å². The average Bonchev–Trinajstić information content (AvgIpc) is 3.26. The highest BCUT2D eigenvalue weighted by atomic mass is 32.1. The molecule has 0 aliphatic carbocycles. The predicted molar refractivity (Wildman–Crippen MR) is 132 cm³/mol. The maximum Gasteiger partial charge on any atom is 0.253 e. The second-order valence-corrected chi connectivity index (χ2v) is 9.04. The molecule has 0 aliphatic heterocycles. The number of hydrogen-bond donors (Lipinski definition) is 1. The molecular formula is C25H31N3O2S. The van der Waals surface area contributed by atoms with Gasteiger partial charge >= 0.3 is 0 Å². The maximum absolute atomic E-state index is 12.6. The molecule has 0 bridgehead atoms. The third-order valence-electron chi connectivity index (χ3n) is 5.54. The van der Waals surface area contributed by atoms with Gasteiger partial charge in [0.15, 0.2) is 0 Å². The summed E-state index contributed by atoms with van der Waals surface area (Å²) in [6.45, 7) is 7.04. The van der Waals surface area contributed by atoms with Crippen LogP contribution in [-0.2, 0) is 12.8 Å². The zero-order valence-corrected chi connectivity index (χ0v) is 19.3. The number of thiophene rings is 1. The Balaban J connectivity index is 1.78. The number of likely N-dealkylation sites (N-methyl/N-ethyl adjacent to an activating group) is 1. The fraction of sp³-hybridized carbons (Fsp3) is 0.360. The second-order valence-electron chi connectivity index (χ2n) is 8.26. The molecule has 1 heterocycles. The Hall–Kier alpha value is -2.70. The standard InChI is InChI=1S/C25H31N3O2S/c1-5-12-28(16-21(27(3)4)15-19-9-7-6-8-10-19)23-22(24(29)25(23)30)26-18(2)14-20-11-13-31-17-20/h5-11,13,17-18,21,26H,1,12,14-16H2,2-4H3/t18-,21?/m1/s1. The molecule has 31 heavy (non-hydrogen) atoms. The number of hydrogen-bond acceptors (Lipinski definition) is 6. The van der Waals surface area contributed by atoms with Crippen molar-refractivity contribution >= 4 is 22.7 Å². The lowest BCUT2D eigenvalue weighted by atomic mass is 10.0. The van der Waals surface area contributed by atoms with E-state index in [0.29, 0.717) is 24.5 Å². The zero-order chi connectivity index (χ0) is 22.4. The third kappa shape index (κ3) is 5.71. The van der Waals surface area contributed by atoms with Gasteiger partial charge in [0.2, 0.25) is 0 Å². The number of nitrogens with one attached hydrogen (secondary N) is 1. The molecule has 6 heteroatoms. The first-order valence-corrected chi connectivity index (χ1v) is 11.5. The minimum atomic E-state index is -0.425. The van der Waals surface area contributed by atoms with Gasteiger partial charge < -0.3 is 15.1 Å². The van der Waals surface area contributed by atoms with Crippen LogP contribution in [0.4, 0.5) is 11.4 Å². The molecule has 2 atom stereocenters. The van der Waals surface area contributed by atoms with Crippen molar-refractivity contribution in [2.75, 3.05) is 37.4 Å². The monoisotopic (exact) mass is 437 g/mol. The molecule has 0 amide bonds. The van der Waals surface area contributed by atoms with Gasteiger partial charge in [-0.15, -0.1) is 6.58 Å². The molecule has 0 aliphatic rings. The largest absolute Gasteiger partial charge is 0.377 e. The van der Waals surface area contributed by atoms with Crippen LogP contribution in [0.25, 0.3) is 0 Å². The fourth-order valence-corrected chi connectivity index (χ4v) is 4.52. The van der Waals surface area contributed by atoms with Gasteiger partial charge in [-0.25, -0.2) is 0 Å². The molecule has 1 N–H and O–H groups in total. The van der Waals surface area contributed by atoms with Crippen LogP contribution in [0.5, 0.6) is 0 Å².